The standard InChI is InChI=1S/C57H68Cl3F2N5O9/c1-54(2,3)33-46-57(35-64,42-18-14-38(58)31-45(42)61)47(41-9-8-10-43(59)48(41)62)49(66-46)51(69)65-19-20-70-21-22-71-23-24-72-25-26-73-27-28-74-29-30-75-39-15-11-36(12-16-39)50(68)67-52-55(4,5)53(56(52,6)7)76-40-17-13-37(34-63)44(60)32-40/h8-18,31-32,46-47,49,52-53,66H,19-30,33H2,1-7H3,(H,65,69)(H,67,68)/t46-,47-,49+,52?,53?,57-/m0/s1. The van der Waals surface area contributed by atoms with Crippen LogP contribution < -0.4 is 25.4 Å². The Labute approximate surface area is 459 Å². The minimum absolute atomic E-state index is 0.00548. The summed E-state index contributed by atoms with van der Waals surface area (Å²) < 4.78 is 72.0. The highest BCUT2D eigenvalue weighted by molar-refractivity contribution is 6.32. The average molecular weight is 1110 g/mol. The first-order valence-corrected chi connectivity index (χ1v) is 26.4. The summed E-state index contributed by atoms with van der Waals surface area (Å²) >= 11 is 18.6. The predicted octanol–water partition coefficient (Wildman–Crippen LogP) is 10.0. The van der Waals surface area contributed by atoms with Crippen molar-refractivity contribution in [2.75, 3.05) is 79.2 Å². The van der Waals surface area contributed by atoms with Crippen molar-refractivity contribution in [3.8, 4) is 23.6 Å². The summed E-state index contributed by atoms with van der Waals surface area (Å²) in [6, 6.07) is 22.7. The Balaban J connectivity index is 0.800. The summed E-state index contributed by atoms with van der Waals surface area (Å²) in [4.78, 5) is 27.3. The van der Waals surface area contributed by atoms with Crippen LogP contribution in [0.3, 0.4) is 0 Å². The molecular formula is C57H68Cl3F2N5O9. The Hall–Kier alpha value is -5.11. The van der Waals surface area contributed by atoms with Crippen molar-refractivity contribution < 1.29 is 51.5 Å². The van der Waals surface area contributed by atoms with E-state index >= 15 is 8.78 Å². The van der Waals surface area contributed by atoms with Gasteiger partial charge < -0.3 is 49.1 Å². The summed E-state index contributed by atoms with van der Waals surface area (Å²) in [5.41, 5.74) is -1.96. The second-order valence-electron chi connectivity index (χ2n) is 21.2. The molecule has 4 aromatic rings. The lowest BCUT2D eigenvalue weighted by molar-refractivity contribution is -0.164. The zero-order valence-electron chi connectivity index (χ0n) is 44.0. The van der Waals surface area contributed by atoms with Crippen molar-refractivity contribution in [1.82, 2.24) is 16.0 Å². The number of rotatable bonds is 27. The first-order valence-electron chi connectivity index (χ1n) is 25.3. The van der Waals surface area contributed by atoms with Crippen LogP contribution in [0.5, 0.6) is 11.5 Å². The minimum atomic E-state index is -1.72. The summed E-state index contributed by atoms with van der Waals surface area (Å²) in [5.74, 6) is -2.21. The molecular weight excluding hydrogens is 1040 g/mol. The van der Waals surface area contributed by atoms with Crippen molar-refractivity contribution in [2.24, 2.45) is 16.2 Å². The van der Waals surface area contributed by atoms with Crippen LogP contribution in [0, 0.1) is 50.5 Å². The molecule has 6 rings (SSSR count). The molecule has 1 aliphatic carbocycles. The van der Waals surface area contributed by atoms with Crippen molar-refractivity contribution in [3.05, 3.63) is 128 Å². The normalized spacial score (nSPS) is 21.5. The van der Waals surface area contributed by atoms with E-state index in [1.165, 1.54) is 24.3 Å². The number of hydrogen-bond acceptors (Lipinski definition) is 12. The fourth-order valence-corrected chi connectivity index (χ4v) is 11.2. The first-order chi connectivity index (χ1) is 36.1. The number of carbonyl (C=O) groups is 2. The molecule has 1 heterocycles. The number of benzene rings is 4. The van der Waals surface area contributed by atoms with E-state index in [2.05, 4.69) is 55.8 Å². The van der Waals surface area contributed by atoms with Gasteiger partial charge in [0.2, 0.25) is 5.91 Å². The molecule has 2 aliphatic rings. The number of nitrogens with one attached hydrogen (secondary N) is 3. The number of nitriles is 2. The van der Waals surface area contributed by atoms with Gasteiger partial charge in [-0.05, 0) is 72.0 Å². The second-order valence-corrected chi connectivity index (χ2v) is 22.5. The van der Waals surface area contributed by atoms with Gasteiger partial charge in [-0.15, -0.1) is 0 Å². The van der Waals surface area contributed by atoms with Gasteiger partial charge >= 0.3 is 0 Å². The quantitative estimate of drug-likeness (QED) is 0.0482. The highest BCUT2D eigenvalue weighted by atomic mass is 35.5. The van der Waals surface area contributed by atoms with Crippen molar-refractivity contribution in [3.63, 3.8) is 0 Å². The molecule has 0 radical (unpaired) electrons. The lowest BCUT2D eigenvalue weighted by atomic mass is 9.49. The fourth-order valence-electron chi connectivity index (χ4n) is 10.6. The van der Waals surface area contributed by atoms with Gasteiger partial charge in [0.15, 0.2) is 0 Å². The van der Waals surface area contributed by atoms with Crippen molar-refractivity contribution in [1.29, 1.82) is 10.5 Å². The SMILES string of the molecule is CC(C)(C)C[C@@H]1N[C@@H](C(=O)NCCOCCOCCOCCOCCOCCOc2ccc(C(=O)NC3C(C)(C)C(Oc4ccc(C#N)c(Cl)c4)C3(C)C)cc2)[C@H](c2cccc(Cl)c2F)[C@@]1(C#N)c1ccc(Cl)cc1F. The molecule has 410 valence electrons. The molecule has 1 saturated carbocycles. The molecule has 1 aliphatic heterocycles. The minimum Gasteiger partial charge on any atom is -0.491 e. The average Bonchev–Trinajstić information content (AvgIpc) is 3.82. The van der Waals surface area contributed by atoms with E-state index in [4.69, 9.17) is 68.0 Å². The molecule has 76 heavy (non-hydrogen) atoms. The number of halogens is 5. The van der Waals surface area contributed by atoms with Crippen LogP contribution in [0.1, 0.15) is 87.9 Å². The first kappa shape index (κ1) is 60.1. The third-order valence-corrected chi connectivity index (χ3v) is 14.6. The van der Waals surface area contributed by atoms with Crippen LogP contribution in [0.15, 0.2) is 78.9 Å². The van der Waals surface area contributed by atoms with E-state index in [-0.39, 0.29) is 75.2 Å². The lowest BCUT2D eigenvalue weighted by Crippen LogP contribution is -2.74. The number of amides is 2. The molecule has 0 bridgehead atoms. The van der Waals surface area contributed by atoms with Gasteiger partial charge in [-0.3, -0.25) is 9.59 Å². The van der Waals surface area contributed by atoms with E-state index in [0.717, 1.165) is 6.07 Å². The molecule has 2 amide bonds. The van der Waals surface area contributed by atoms with Crippen LogP contribution in [-0.4, -0.2) is 115 Å². The highest BCUT2D eigenvalue weighted by Gasteiger charge is 2.64. The van der Waals surface area contributed by atoms with Crippen LogP contribution >= 0.6 is 34.8 Å². The maximum atomic E-state index is 15.9. The zero-order valence-corrected chi connectivity index (χ0v) is 46.3. The summed E-state index contributed by atoms with van der Waals surface area (Å²) in [6.45, 7) is 17.8. The lowest BCUT2D eigenvalue weighted by Gasteiger charge is -2.63. The van der Waals surface area contributed by atoms with Crippen LogP contribution in [-0.2, 0) is 33.9 Å². The zero-order chi connectivity index (χ0) is 55.3. The molecule has 1 saturated heterocycles. The second kappa shape index (κ2) is 27.0. The molecule has 4 aromatic carbocycles. The van der Waals surface area contributed by atoms with Crippen LogP contribution in [0.25, 0.3) is 0 Å². The van der Waals surface area contributed by atoms with Crippen molar-refractivity contribution in [2.45, 2.75) is 90.4 Å². The summed E-state index contributed by atoms with van der Waals surface area (Å²) in [7, 11) is 0. The van der Waals surface area contributed by atoms with E-state index in [1.807, 2.05) is 20.8 Å². The number of carbonyl (C=O) groups excluding carboxylic acids is 2. The van der Waals surface area contributed by atoms with E-state index in [0.29, 0.717) is 93.5 Å². The Morgan fingerprint density at radius 3 is 1.86 bits per heavy atom. The largest absolute Gasteiger partial charge is 0.491 e. The van der Waals surface area contributed by atoms with Gasteiger partial charge in [0.1, 0.15) is 47.3 Å². The molecule has 0 spiro atoms. The highest BCUT2D eigenvalue weighted by Crippen LogP contribution is 2.56. The molecule has 4 atom stereocenters. The number of ether oxygens (including phenoxy) is 7. The van der Waals surface area contributed by atoms with Gasteiger partial charge in [0, 0.05) is 57.6 Å². The molecule has 2 fully saturated rings. The summed E-state index contributed by atoms with van der Waals surface area (Å²) in [6.07, 6.45) is 0.141. The maximum absolute atomic E-state index is 15.9. The van der Waals surface area contributed by atoms with Gasteiger partial charge in [-0.2, -0.15) is 10.5 Å². The van der Waals surface area contributed by atoms with E-state index in [1.54, 1.807) is 48.5 Å². The number of nitrogens with zero attached hydrogens (tertiary/aromatic N) is 2. The van der Waals surface area contributed by atoms with Gasteiger partial charge in [0.25, 0.3) is 5.91 Å². The van der Waals surface area contributed by atoms with Gasteiger partial charge in [-0.25, -0.2) is 8.78 Å². The van der Waals surface area contributed by atoms with Gasteiger partial charge in [-0.1, -0.05) is 101 Å². The molecule has 0 aromatic heterocycles. The molecule has 19 heteroatoms. The smallest absolute Gasteiger partial charge is 0.251 e. The van der Waals surface area contributed by atoms with Crippen molar-refractivity contribution >= 4 is 46.6 Å². The Kier molecular flexibility index (Phi) is 21.3. The summed E-state index contributed by atoms with van der Waals surface area (Å²) in [5, 5.41) is 29.8. The maximum Gasteiger partial charge on any atom is 0.251 e. The molecule has 0 unspecified atom stereocenters. The third-order valence-electron chi connectivity index (χ3n) is 13.8. The Bertz CT molecular complexity index is 2680. The predicted molar refractivity (Wildman–Crippen MR) is 286 cm³/mol. The Morgan fingerprint density at radius 1 is 0.724 bits per heavy atom. The topological polar surface area (TPSA) is 182 Å². The number of hydrogen-bond donors (Lipinski definition) is 3. The fraction of sp³-hybridized carbons (Fsp3) is 0.509. The van der Waals surface area contributed by atoms with Gasteiger partial charge in [0.05, 0.1) is 93.8 Å². The Morgan fingerprint density at radius 2 is 1.30 bits per heavy atom. The molecule has 14 nitrogen and oxygen atoms in total. The third kappa shape index (κ3) is 14.7. The van der Waals surface area contributed by atoms with E-state index in [9.17, 15) is 20.1 Å². The van der Waals surface area contributed by atoms with Crippen LogP contribution in [0.4, 0.5) is 8.78 Å². The van der Waals surface area contributed by atoms with Crippen LogP contribution in [0.2, 0.25) is 15.1 Å². The van der Waals surface area contributed by atoms with E-state index < -0.39 is 41.0 Å². The molecule has 3 N–H and O–H groups in total. The monoisotopic (exact) mass is 1110 g/mol.